The third-order valence-electron chi connectivity index (χ3n) is 4.10. The van der Waals surface area contributed by atoms with E-state index in [1.165, 1.54) is 12.1 Å². The molecule has 0 bridgehead atoms. The van der Waals surface area contributed by atoms with E-state index in [-0.39, 0.29) is 5.82 Å². The summed E-state index contributed by atoms with van der Waals surface area (Å²) in [5.41, 5.74) is 2.43. The molecule has 2 heterocycles. The van der Waals surface area contributed by atoms with Crippen LogP contribution in [0.3, 0.4) is 0 Å². The van der Waals surface area contributed by atoms with Crippen molar-refractivity contribution in [1.82, 2.24) is 9.38 Å². The number of imidazole rings is 1. The minimum absolute atomic E-state index is 0.284. The number of halogens is 1. The first kappa shape index (κ1) is 13.5. The number of carboxylic acids is 1. The number of aryl methyl sites for hydroxylation is 1. The fraction of sp³-hybridized carbons (Fsp3) is 0.250. The molecule has 2 aromatic heterocycles. The number of hydrogen-bond donors (Lipinski definition) is 1. The number of benzene rings is 1. The van der Waals surface area contributed by atoms with Gasteiger partial charge < -0.3 is 5.11 Å². The van der Waals surface area contributed by atoms with E-state index < -0.39 is 11.9 Å². The standard InChI is InChI=1S/C16H13FN2O2S/c17-10-6-4-9(5-7-10)12-8-19-14-11(15(20)21)2-1-3-13(14)22-16(19)18-12/h4-8,11H,1-3H2,(H,20,21). The molecular weight excluding hydrogens is 303 g/mol. The number of hydrogen-bond acceptors (Lipinski definition) is 3. The largest absolute Gasteiger partial charge is 0.481 e. The summed E-state index contributed by atoms with van der Waals surface area (Å²) in [5.74, 6) is -1.53. The Labute approximate surface area is 129 Å². The molecule has 0 radical (unpaired) electrons. The molecule has 0 amide bonds. The third-order valence-corrected chi connectivity index (χ3v) is 5.23. The highest BCUT2D eigenvalue weighted by molar-refractivity contribution is 7.17. The van der Waals surface area contributed by atoms with Crippen LogP contribution in [0.1, 0.15) is 29.3 Å². The average Bonchev–Trinajstić information content (AvgIpc) is 3.04. The maximum Gasteiger partial charge on any atom is 0.312 e. The van der Waals surface area contributed by atoms with Crippen molar-refractivity contribution in [3.8, 4) is 11.3 Å². The Morgan fingerprint density at radius 1 is 1.36 bits per heavy atom. The van der Waals surface area contributed by atoms with Crippen LogP contribution in [0, 0.1) is 5.82 Å². The predicted molar refractivity (Wildman–Crippen MR) is 81.8 cm³/mol. The maximum atomic E-state index is 13.0. The molecule has 0 spiro atoms. The summed E-state index contributed by atoms with van der Waals surface area (Å²) in [6.07, 6.45) is 4.34. The molecule has 1 aliphatic rings. The van der Waals surface area contributed by atoms with Crippen LogP contribution in [0.5, 0.6) is 0 Å². The van der Waals surface area contributed by atoms with E-state index in [0.717, 1.165) is 39.6 Å². The Bertz CT molecular complexity index is 866. The zero-order chi connectivity index (χ0) is 15.3. The highest BCUT2D eigenvalue weighted by Crippen LogP contribution is 2.38. The molecule has 4 nitrogen and oxygen atoms in total. The van der Waals surface area contributed by atoms with Gasteiger partial charge in [-0.1, -0.05) is 0 Å². The predicted octanol–water partition coefficient (Wildman–Crippen LogP) is 3.71. The second-order valence-electron chi connectivity index (χ2n) is 5.48. The van der Waals surface area contributed by atoms with Gasteiger partial charge in [-0.2, -0.15) is 0 Å². The van der Waals surface area contributed by atoms with Crippen LogP contribution in [0.15, 0.2) is 30.5 Å². The van der Waals surface area contributed by atoms with Crippen molar-refractivity contribution in [2.24, 2.45) is 0 Å². The van der Waals surface area contributed by atoms with E-state index in [2.05, 4.69) is 4.98 Å². The van der Waals surface area contributed by atoms with Crippen LogP contribution in [-0.2, 0) is 11.2 Å². The molecule has 1 unspecified atom stereocenters. The van der Waals surface area contributed by atoms with Gasteiger partial charge in [0.15, 0.2) is 4.96 Å². The van der Waals surface area contributed by atoms with Gasteiger partial charge in [0.05, 0.1) is 17.3 Å². The van der Waals surface area contributed by atoms with E-state index in [1.807, 2.05) is 10.6 Å². The van der Waals surface area contributed by atoms with Crippen molar-refractivity contribution in [2.75, 3.05) is 0 Å². The van der Waals surface area contributed by atoms with Gasteiger partial charge in [0.25, 0.3) is 0 Å². The van der Waals surface area contributed by atoms with Gasteiger partial charge >= 0.3 is 5.97 Å². The first-order valence-electron chi connectivity index (χ1n) is 7.13. The van der Waals surface area contributed by atoms with Crippen LogP contribution in [0.2, 0.25) is 0 Å². The first-order valence-corrected chi connectivity index (χ1v) is 7.94. The van der Waals surface area contributed by atoms with Gasteiger partial charge in [-0.3, -0.25) is 9.20 Å². The Morgan fingerprint density at radius 3 is 2.86 bits per heavy atom. The quantitative estimate of drug-likeness (QED) is 0.784. The first-order chi connectivity index (χ1) is 10.6. The molecule has 1 N–H and O–H groups in total. The van der Waals surface area contributed by atoms with E-state index >= 15 is 0 Å². The Kier molecular flexibility index (Phi) is 3.00. The smallest absolute Gasteiger partial charge is 0.312 e. The fourth-order valence-electron chi connectivity index (χ4n) is 3.05. The number of aromatic nitrogens is 2. The van der Waals surface area contributed by atoms with E-state index in [4.69, 9.17) is 0 Å². The average molecular weight is 316 g/mol. The second-order valence-corrected chi connectivity index (χ2v) is 6.54. The summed E-state index contributed by atoms with van der Waals surface area (Å²) in [5, 5.41) is 9.45. The summed E-state index contributed by atoms with van der Waals surface area (Å²) in [7, 11) is 0. The molecule has 1 atom stereocenters. The minimum atomic E-state index is -0.780. The van der Waals surface area contributed by atoms with Gasteiger partial charge in [0.1, 0.15) is 5.82 Å². The van der Waals surface area contributed by atoms with Crippen LogP contribution in [0.25, 0.3) is 16.2 Å². The van der Waals surface area contributed by atoms with Crippen molar-refractivity contribution in [1.29, 1.82) is 0 Å². The Morgan fingerprint density at radius 2 is 2.14 bits per heavy atom. The second kappa shape index (κ2) is 4.91. The lowest BCUT2D eigenvalue weighted by atomic mass is 9.91. The summed E-state index contributed by atoms with van der Waals surface area (Å²) in [6.45, 7) is 0. The topological polar surface area (TPSA) is 54.6 Å². The number of rotatable bonds is 2. The van der Waals surface area contributed by atoms with E-state index in [0.29, 0.717) is 6.42 Å². The summed E-state index contributed by atoms with van der Waals surface area (Å²) in [4.78, 5) is 18.0. The lowest BCUT2D eigenvalue weighted by Crippen LogP contribution is -2.18. The summed E-state index contributed by atoms with van der Waals surface area (Å²) in [6, 6.07) is 6.17. The monoisotopic (exact) mass is 316 g/mol. The van der Waals surface area contributed by atoms with Crippen molar-refractivity contribution in [3.63, 3.8) is 0 Å². The number of fused-ring (bicyclic) bond motifs is 3. The summed E-state index contributed by atoms with van der Waals surface area (Å²) >= 11 is 1.55. The number of thiazole rings is 1. The van der Waals surface area contributed by atoms with E-state index in [9.17, 15) is 14.3 Å². The van der Waals surface area contributed by atoms with Gasteiger partial charge in [0, 0.05) is 16.6 Å². The van der Waals surface area contributed by atoms with Crippen molar-refractivity contribution in [3.05, 3.63) is 46.9 Å². The number of carbonyl (C=O) groups is 1. The summed E-state index contributed by atoms with van der Waals surface area (Å²) < 4.78 is 14.9. The maximum absolute atomic E-state index is 13.0. The molecule has 22 heavy (non-hydrogen) atoms. The SMILES string of the molecule is O=C(O)C1CCCc2sc3nc(-c4ccc(F)cc4)cn3c21. The lowest BCUT2D eigenvalue weighted by molar-refractivity contribution is -0.139. The number of nitrogens with zero attached hydrogens (tertiary/aromatic N) is 2. The van der Waals surface area contributed by atoms with Crippen LogP contribution in [0.4, 0.5) is 4.39 Å². The Balaban J connectivity index is 1.86. The molecule has 1 aliphatic carbocycles. The highest BCUT2D eigenvalue weighted by atomic mass is 32.1. The molecule has 1 aromatic carbocycles. The molecule has 0 fully saturated rings. The molecule has 4 rings (SSSR count). The van der Waals surface area contributed by atoms with Crippen LogP contribution < -0.4 is 0 Å². The molecule has 3 aromatic rings. The van der Waals surface area contributed by atoms with Gasteiger partial charge in [-0.15, -0.1) is 11.3 Å². The lowest BCUT2D eigenvalue weighted by Gasteiger charge is -2.18. The third kappa shape index (κ3) is 2.02. The molecule has 0 aliphatic heterocycles. The van der Waals surface area contributed by atoms with Crippen LogP contribution >= 0.6 is 11.3 Å². The van der Waals surface area contributed by atoms with Gasteiger partial charge in [-0.05, 0) is 43.5 Å². The fourth-order valence-corrected chi connectivity index (χ4v) is 4.25. The molecule has 0 saturated heterocycles. The van der Waals surface area contributed by atoms with Crippen LogP contribution in [-0.4, -0.2) is 20.5 Å². The highest BCUT2D eigenvalue weighted by Gasteiger charge is 2.31. The Hall–Kier alpha value is -2.21. The molecule has 112 valence electrons. The molecule has 6 heteroatoms. The number of aliphatic carboxylic acids is 1. The number of carboxylic acid groups (broad SMARTS) is 1. The van der Waals surface area contributed by atoms with Crippen molar-refractivity contribution in [2.45, 2.75) is 25.2 Å². The normalized spacial score (nSPS) is 17.6. The minimum Gasteiger partial charge on any atom is -0.481 e. The van der Waals surface area contributed by atoms with Crippen molar-refractivity contribution < 1.29 is 14.3 Å². The van der Waals surface area contributed by atoms with E-state index in [1.54, 1.807) is 23.5 Å². The zero-order valence-corrected chi connectivity index (χ0v) is 12.4. The molecule has 0 saturated carbocycles. The van der Waals surface area contributed by atoms with Gasteiger partial charge in [-0.25, -0.2) is 9.37 Å². The molecular formula is C16H13FN2O2S. The zero-order valence-electron chi connectivity index (χ0n) is 11.6. The van der Waals surface area contributed by atoms with Crippen molar-refractivity contribution >= 4 is 22.3 Å². The van der Waals surface area contributed by atoms with Gasteiger partial charge in [0.2, 0.25) is 0 Å².